The number of fused-ring (bicyclic) bond motifs is 1. The molecule has 0 fully saturated rings. The van der Waals surface area contributed by atoms with Gasteiger partial charge in [0.15, 0.2) is 11.6 Å². The van der Waals surface area contributed by atoms with Crippen molar-refractivity contribution in [2.24, 2.45) is 0 Å². The molecule has 3 rings (SSSR count). The molecule has 1 aliphatic rings. The number of nitrogens with zero attached hydrogens (tertiary/aromatic N) is 1. The molecule has 0 radical (unpaired) electrons. The Balaban J connectivity index is 1.82. The summed E-state index contributed by atoms with van der Waals surface area (Å²) in [6.07, 6.45) is -0.684. The highest BCUT2D eigenvalue weighted by Crippen LogP contribution is 2.23. The van der Waals surface area contributed by atoms with E-state index in [-0.39, 0.29) is 24.1 Å². The molecule has 0 saturated heterocycles. The van der Waals surface area contributed by atoms with Crippen LogP contribution in [0.25, 0.3) is 0 Å². The lowest BCUT2D eigenvalue weighted by molar-refractivity contribution is 0.0468. The Morgan fingerprint density at radius 1 is 1.03 bits per heavy atom. The number of imide groups is 1. The van der Waals surface area contributed by atoms with Crippen molar-refractivity contribution in [1.82, 2.24) is 10.2 Å². The van der Waals surface area contributed by atoms with Crippen LogP contribution in [0.4, 0.5) is 13.6 Å². The normalized spacial score (nSPS) is 14.5. The van der Waals surface area contributed by atoms with Crippen molar-refractivity contribution in [1.29, 1.82) is 0 Å². The lowest BCUT2D eigenvalue weighted by Gasteiger charge is -2.26. The Morgan fingerprint density at radius 3 is 2.17 bits per heavy atom. The number of carbonyl (C=O) groups is 3. The number of hydrogen-bond donors (Lipinski definition) is 1. The van der Waals surface area contributed by atoms with Gasteiger partial charge < -0.3 is 10.1 Å². The first-order chi connectivity index (χ1) is 14.0. The number of hydrogen-bond acceptors (Lipinski definition) is 4. The predicted octanol–water partition coefficient (Wildman–Crippen LogP) is 3.70. The van der Waals surface area contributed by atoms with Crippen LogP contribution in [-0.2, 0) is 11.2 Å². The monoisotopic (exact) mass is 416 g/mol. The molecule has 2 aromatic rings. The number of nitrogens with one attached hydrogen (secondary N) is 1. The van der Waals surface area contributed by atoms with Crippen molar-refractivity contribution in [2.75, 3.05) is 6.54 Å². The van der Waals surface area contributed by atoms with E-state index in [4.69, 9.17) is 4.74 Å². The second-order valence-corrected chi connectivity index (χ2v) is 8.06. The van der Waals surface area contributed by atoms with Crippen molar-refractivity contribution in [2.45, 2.75) is 38.8 Å². The maximum absolute atomic E-state index is 13.6. The predicted molar refractivity (Wildman–Crippen MR) is 105 cm³/mol. The third kappa shape index (κ3) is 4.82. The van der Waals surface area contributed by atoms with Crippen LogP contribution in [0.5, 0.6) is 0 Å². The molecule has 158 valence electrons. The first-order valence-electron chi connectivity index (χ1n) is 9.44. The summed E-state index contributed by atoms with van der Waals surface area (Å²) in [7, 11) is 0. The van der Waals surface area contributed by atoms with Crippen LogP contribution >= 0.6 is 0 Å². The van der Waals surface area contributed by atoms with Gasteiger partial charge in [-0.25, -0.2) is 13.6 Å². The summed E-state index contributed by atoms with van der Waals surface area (Å²) < 4.78 is 32.1. The first-order valence-corrected chi connectivity index (χ1v) is 9.44. The van der Waals surface area contributed by atoms with Crippen molar-refractivity contribution in [3.8, 4) is 0 Å². The smallest absolute Gasteiger partial charge is 0.407 e. The second-order valence-electron chi connectivity index (χ2n) is 8.06. The molecule has 30 heavy (non-hydrogen) atoms. The third-order valence-electron chi connectivity index (χ3n) is 4.47. The van der Waals surface area contributed by atoms with Crippen LogP contribution < -0.4 is 5.32 Å². The molecule has 8 heteroatoms. The van der Waals surface area contributed by atoms with Gasteiger partial charge in [0.2, 0.25) is 0 Å². The van der Waals surface area contributed by atoms with E-state index in [1.54, 1.807) is 45.0 Å². The molecule has 6 nitrogen and oxygen atoms in total. The van der Waals surface area contributed by atoms with Crippen molar-refractivity contribution >= 4 is 17.9 Å². The lowest BCUT2D eigenvalue weighted by Crippen LogP contribution is -2.48. The fourth-order valence-electron chi connectivity index (χ4n) is 3.21. The number of carbonyl (C=O) groups excluding carboxylic acids is 3. The highest BCUT2D eigenvalue weighted by atomic mass is 19.2. The van der Waals surface area contributed by atoms with Crippen LogP contribution in [0, 0.1) is 11.6 Å². The van der Waals surface area contributed by atoms with Gasteiger partial charge in [0.05, 0.1) is 23.7 Å². The highest BCUT2D eigenvalue weighted by molar-refractivity contribution is 6.21. The van der Waals surface area contributed by atoms with E-state index in [1.165, 1.54) is 6.07 Å². The van der Waals surface area contributed by atoms with E-state index in [9.17, 15) is 23.2 Å². The Kier molecular flexibility index (Phi) is 5.87. The standard InChI is InChI=1S/C22H22F2N2O4/c1-22(2,3)30-21(29)25-14(10-13-8-9-17(23)18(24)11-13)12-26-19(27)15-6-4-5-7-16(15)20(26)28/h4-9,11,14H,10,12H2,1-3H3,(H,25,29). The topological polar surface area (TPSA) is 75.7 Å². The molecule has 1 N–H and O–H groups in total. The summed E-state index contributed by atoms with van der Waals surface area (Å²) in [5, 5.41) is 2.63. The zero-order valence-corrected chi connectivity index (χ0v) is 16.9. The van der Waals surface area contributed by atoms with Gasteiger partial charge in [-0.1, -0.05) is 18.2 Å². The van der Waals surface area contributed by atoms with Gasteiger partial charge in [0.1, 0.15) is 5.60 Å². The maximum Gasteiger partial charge on any atom is 0.407 e. The summed E-state index contributed by atoms with van der Waals surface area (Å²) >= 11 is 0. The van der Waals surface area contributed by atoms with Gasteiger partial charge in [-0.05, 0) is 57.0 Å². The second kappa shape index (κ2) is 8.22. The number of rotatable bonds is 5. The van der Waals surface area contributed by atoms with Crippen LogP contribution in [0.2, 0.25) is 0 Å². The molecule has 1 unspecified atom stereocenters. The van der Waals surface area contributed by atoms with E-state index in [2.05, 4.69) is 5.32 Å². The molecule has 0 aromatic heterocycles. The fourth-order valence-corrected chi connectivity index (χ4v) is 3.21. The molecule has 1 atom stereocenters. The number of amides is 3. The van der Waals surface area contributed by atoms with Gasteiger partial charge >= 0.3 is 6.09 Å². The molecular formula is C22H22F2N2O4. The SMILES string of the molecule is CC(C)(C)OC(=O)NC(Cc1ccc(F)c(F)c1)CN1C(=O)c2ccccc2C1=O. The van der Waals surface area contributed by atoms with E-state index < -0.39 is 41.2 Å². The maximum atomic E-state index is 13.6. The average molecular weight is 416 g/mol. The summed E-state index contributed by atoms with van der Waals surface area (Å²) in [5.74, 6) is -2.96. The average Bonchev–Trinajstić information content (AvgIpc) is 2.88. The van der Waals surface area contributed by atoms with Gasteiger partial charge in [0, 0.05) is 0 Å². The minimum Gasteiger partial charge on any atom is -0.444 e. The van der Waals surface area contributed by atoms with E-state index in [1.807, 2.05) is 0 Å². The van der Waals surface area contributed by atoms with Crippen molar-refractivity contribution in [3.05, 3.63) is 70.8 Å². The quantitative estimate of drug-likeness (QED) is 0.755. The summed E-state index contributed by atoms with van der Waals surface area (Å²) in [4.78, 5) is 38.6. The number of ether oxygens (including phenoxy) is 1. The molecule has 0 spiro atoms. The summed E-state index contributed by atoms with van der Waals surface area (Å²) in [5.41, 5.74) is 0.204. The summed E-state index contributed by atoms with van der Waals surface area (Å²) in [6, 6.07) is 9.04. The zero-order valence-electron chi connectivity index (χ0n) is 16.9. The lowest BCUT2D eigenvalue weighted by atomic mass is 10.0. The molecule has 1 aliphatic heterocycles. The van der Waals surface area contributed by atoms with Crippen LogP contribution in [-0.4, -0.2) is 41.0 Å². The minimum atomic E-state index is -1.02. The van der Waals surface area contributed by atoms with Crippen LogP contribution in [0.15, 0.2) is 42.5 Å². The molecular weight excluding hydrogens is 394 g/mol. The van der Waals surface area contributed by atoms with Crippen molar-refractivity contribution in [3.63, 3.8) is 0 Å². The number of benzene rings is 2. The Morgan fingerprint density at radius 2 is 1.63 bits per heavy atom. The molecule has 1 heterocycles. The van der Waals surface area contributed by atoms with Gasteiger partial charge in [0.25, 0.3) is 11.8 Å². The molecule has 2 aromatic carbocycles. The largest absolute Gasteiger partial charge is 0.444 e. The molecule has 3 amide bonds. The fraction of sp³-hybridized carbons (Fsp3) is 0.318. The Hall–Kier alpha value is -3.29. The Labute approximate surface area is 172 Å². The molecule has 0 saturated carbocycles. The highest BCUT2D eigenvalue weighted by Gasteiger charge is 2.37. The first kappa shape index (κ1) is 21.4. The van der Waals surface area contributed by atoms with E-state index in [0.717, 1.165) is 17.0 Å². The minimum absolute atomic E-state index is 0.0594. The van der Waals surface area contributed by atoms with Crippen LogP contribution in [0.1, 0.15) is 47.1 Å². The van der Waals surface area contributed by atoms with Gasteiger partial charge in [-0.15, -0.1) is 0 Å². The van der Waals surface area contributed by atoms with Gasteiger partial charge in [-0.2, -0.15) is 0 Å². The third-order valence-corrected chi connectivity index (χ3v) is 4.47. The van der Waals surface area contributed by atoms with Crippen molar-refractivity contribution < 1.29 is 27.9 Å². The van der Waals surface area contributed by atoms with E-state index in [0.29, 0.717) is 5.56 Å². The zero-order chi connectivity index (χ0) is 22.1. The number of alkyl carbamates (subject to hydrolysis) is 1. The molecule has 0 bridgehead atoms. The van der Waals surface area contributed by atoms with Crippen LogP contribution in [0.3, 0.4) is 0 Å². The van der Waals surface area contributed by atoms with E-state index >= 15 is 0 Å². The Bertz CT molecular complexity index is 966. The number of halogens is 2. The molecule has 0 aliphatic carbocycles. The summed E-state index contributed by atoms with van der Waals surface area (Å²) in [6.45, 7) is 4.94. The van der Waals surface area contributed by atoms with Gasteiger partial charge in [-0.3, -0.25) is 14.5 Å².